The summed E-state index contributed by atoms with van der Waals surface area (Å²) in [5.41, 5.74) is 0.141. The molecule has 2 heterocycles. The van der Waals surface area contributed by atoms with Gasteiger partial charge in [0.2, 0.25) is 0 Å². The highest BCUT2D eigenvalue weighted by molar-refractivity contribution is 5.54. The number of rotatable bonds is 0. The van der Waals surface area contributed by atoms with Crippen LogP contribution in [0.4, 0.5) is 0 Å². The third kappa shape index (κ3) is 0.572. The van der Waals surface area contributed by atoms with Crippen molar-refractivity contribution in [1.82, 2.24) is 0 Å². The van der Waals surface area contributed by atoms with Crippen molar-refractivity contribution >= 4 is 0 Å². The van der Waals surface area contributed by atoms with Crippen LogP contribution in [0.5, 0.6) is 0 Å². The molecule has 0 saturated heterocycles. The maximum atomic E-state index is 10.8. The molecule has 0 aliphatic carbocycles. The highest BCUT2D eigenvalue weighted by Gasteiger charge is 2.09. The predicted molar refractivity (Wildman–Crippen MR) is 33.9 cm³/mol. The van der Waals surface area contributed by atoms with E-state index in [1.54, 1.807) is 12.1 Å². The highest BCUT2D eigenvalue weighted by Crippen LogP contribution is 2.15. The van der Waals surface area contributed by atoms with Gasteiger partial charge in [-0.3, -0.25) is 0 Å². The van der Waals surface area contributed by atoms with Gasteiger partial charge in [-0.25, -0.2) is 4.79 Å². The van der Waals surface area contributed by atoms with Crippen LogP contribution in [-0.4, -0.2) is 0 Å². The van der Waals surface area contributed by atoms with Crippen molar-refractivity contribution in [3.8, 4) is 11.3 Å². The number of fused-ring (bicyclic) bond motifs is 1. The average Bonchev–Trinajstić information content (AvgIpc) is 2.34. The molecule has 0 aromatic carbocycles. The lowest BCUT2D eigenvalue weighted by atomic mass is 10.3. The van der Waals surface area contributed by atoms with Crippen LogP contribution in [0.25, 0.3) is 11.3 Å². The SMILES string of the molecule is O=c1occ2occcc1-2. The van der Waals surface area contributed by atoms with E-state index in [9.17, 15) is 4.79 Å². The molecule has 0 saturated carbocycles. The summed E-state index contributed by atoms with van der Waals surface area (Å²) in [6, 6.07) is 3.31. The molecule has 0 N–H and O–H groups in total. The van der Waals surface area contributed by atoms with Crippen LogP contribution in [0.15, 0.2) is 38.3 Å². The standard InChI is InChI=1S/C7H4O3/c8-7-5-2-1-3-9-6(5)4-10-7/h1-4H. The second kappa shape index (κ2) is 1.73. The molecule has 0 atom stereocenters. The van der Waals surface area contributed by atoms with Crippen molar-refractivity contribution in [3.63, 3.8) is 0 Å². The molecular formula is C7H4O3. The van der Waals surface area contributed by atoms with Gasteiger partial charge in [-0.2, -0.15) is 0 Å². The third-order valence-corrected chi connectivity index (χ3v) is 1.29. The molecule has 0 fully saturated rings. The molecule has 0 bridgehead atoms. The van der Waals surface area contributed by atoms with Gasteiger partial charge >= 0.3 is 5.63 Å². The molecule has 3 nitrogen and oxygen atoms in total. The van der Waals surface area contributed by atoms with Crippen LogP contribution in [-0.2, 0) is 0 Å². The molecule has 0 spiro atoms. The summed E-state index contributed by atoms with van der Waals surface area (Å²) in [7, 11) is 0. The molecule has 0 unspecified atom stereocenters. The lowest BCUT2D eigenvalue weighted by Crippen LogP contribution is -1.93. The van der Waals surface area contributed by atoms with E-state index in [2.05, 4.69) is 4.42 Å². The number of furan rings is 1. The summed E-state index contributed by atoms with van der Waals surface area (Å²) < 4.78 is 9.50. The molecule has 2 aliphatic rings. The second-order valence-electron chi connectivity index (χ2n) is 1.91. The van der Waals surface area contributed by atoms with Gasteiger partial charge in [0.25, 0.3) is 0 Å². The van der Waals surface area contributed by atoms with Crippen LogP contribution < -0.4 is 5.63 Å². The summed E-state index contributed by atoms with van der Waals surface area (Å²) in [6.07, 6.45) is 2.80. The first-order valence-corrected chi connectivity index (χ1v) is 2.83. The largest absolute Gasteiger partial charge is 0.461 e. The molecule has 2 aliphatic heterocycles. The maximum absolute atomic E-state index is 10.8. The summed E-state index contributed by atoms with van der Waals surface area (Å²) >= 11 is 0. The van der Waals surface area contributed by atoms with Crippen LogP contribution in [0.2, 0.25) is 0 Å². The van der Waals surface area contributed by atoms with Crippen molar-refractivity contribution in [2.75, 3.05) is 0 Å². The Morgan fingerprint density at radius 1 is 1.30 bits per heavy atom. The first-order valence-electron chi connectivity index (χ1n) is 2.83. The molecule has 3 heteroatoms. The van der Waals surface area contributed by atoms with Gasteiger partial charge < -0.3 is 8.83 Å². The van der Waals surface area contributed by atoms with E-state index in [-0.39, 0.29) is 5.63 Å². The van der Waals surface area contributed by atoms with Gasteiger partial charge in [0, 0.05) is 0 Å². The van der Waals surface area contributed by atoms with E-state index in [4.69, 9.17) is 4.42 Å². The van der Waals surface area contributed by atoms with Gasteiger partial charge in [-0.1, -0.05) is 0 Å². The van der Waals surface area contributed by atoms with Crippen LogP contribution in [0.3, 0.4) is 0 Å². The zero-order valence-electron chi connectivity index (χ0n) is 5.03. The van der Waals surface area contributed by atoms with Gasteiger partial charge in [-0.15, -0.1) is 0 Å². The Labute approximate surface area is 56.2 Å². The van der Waals surface area contributed by atoms with E-state index >= 15 is 0 Å². The summed E-state index contributed by atoms with van der Waals surface area (Å²) in [5.74, 6) is 0.493. The highest BCUT2D eigenvalue weighted by atomic mass is 16.4. The Bertz CT molecular complexity index is 357. The van der Waals surface area contributed by atoms with Crippen molar-refractivity contribution in [3.05, 3.63) is 35.1 Å². The molecule has 0 aromatic rings. The molecule has 10 heavy (non-hydrogen) atoms. The summed E-state index contributed by atoms with van der Waals surface area (Å²) in [6.45, 7) is 0. The minimum absolute atomic E-state index is 0.348. The van der Waals surface area contributed by atoms with E-state index in [0.29, 0.717) is 11.3 Å². The third-order valence-electron chi connectivity index (χ3n) is 1.29. The normalized spacial score (nSPS) is 10.4. The van der Waals surface area contributed by atoms with E-state index in [0.717, 1.165) is 0 Å². The Morgan fingerprint density at radius 2 is 2.20 bits per heavy atom. The monoisotopic (exact) mass is 136 g/mol. The van der Waals surface area contributed by atoms with Crippen molar-refractivity contribution < 1.29 is 8.83 Å². The van der Waals surface area contributed by atoms with Crippen LogP contribution in [0, 0.1) is 0 Å². The van der Waals surface area contributed by atoms with Crippen molar-refractivity contribution in [1.29, 1.82) is 0 Å². The fourth-order valence-corrected chi connectivity index (χ4v) is 0.824. The van der Waals surface area contributed by atoms with Crippen molar-refractivity contribution in [2.24, 2.45) is 0 Å². The molecule has 0 amide bonds. The summed E-state index contributed by atoms with van der Waals surface area (Å²) in [4.78, 5) is 10.8. The van der Waals surface area contributed by atoms with Crippen molar-refractivity contribution in [2.45, 2.75) is 0 Å². The zero-order valence-corrected chi connectivity index (χ0v) is 5.03. The average molecular weight is 136 g/mol. The Kier molecular flexibility index (Phi) is 0.917. The molecular weight excluding hydrogens is 132 g/mol. The predicted octanol–water partition coefficient (Wildman–Crippen LogP) is 1.34. The number of hydrogen-bond acceptors (Lipinski definition) is 3. The molecule has 50 valence electrons. The Morgan fingerprint density at radius 3 is 3.00 bits per heavy atom. The van der Waals surface area contributed by atoms with Gasteiger partial charge in [-0.05, 0) is 12.1 Å². The van der Waals surface area contributed by atoms with E-state index in [1.165, 1.54) is 12.5 Å². The molecule has 0 radical (unpaired) electrons. The van der Waals surface area contributed by atoms with E-state index in [1.807, 2.05) is 0 Å². The molecule has 0 aromatic heterocycles. The van der Waals surface area contributed by atoms with Gasteiger partial charge in [0.15, 0.2) is 5.76 Å². The summed E-state index contributed by atoms with van der Waals surface area (Å²) in [5, 5.41) is 0. The Hall–Kier alpha value is -1.51. The maximum Gasteiger partial charge on any atom is 0.347 e. The first kappa shape index (κ1) is 5.29. The topological polar surface area (TPSA) is 43.4 Å². The van der Waals surface area contributed by atoms with Crippen LogP contribution in [0.1, 0.15) is 0 Å². The minimum Gasteiger partial charge on any atom is -0.461 e. The number of hydrogen-bond donors (Lipinski definition) is 0. The quantitative estimate of drug-likeness (QED) is 0.548. The second-order valence-corrected chi connectivity index (χ2v) is 1.91. The van der Waals surface area contributed by atoms with Gasteiger partial charge in [0.05, 0.1) is 6.26 Å². The lowest BCUT2D eigenvalue weighted by molar-refractivity contribution is 0.514. The zero-order chi connectivity index (χ0) is 6.97. The fourth-order valence-electron chi connectivity index (χ4n) is 0.824. The molecule has 2 rings (SSSR count). The smallest absolute Gasteiger partial charge is 0.347 e. The first-order chi connectivity index (χ1) is 4.88. The Balaban J connectivity index is 2.91. The van der Waals surface area contributed by atoms with E-state index < -0.39 is 0 Å². The lowest BCUT2D eigenvalue weighted by Gasteiger charge is -1.87. The fraction of sp³-hybridized carbons (Fsp3) is 0. The van der Waals surface area contributed by atoms with Gasteiger partial charge in [0.1, 0.15) is 11.8 Å². The minimum atomic E-state index is -0.348. The van der Waals surface area contributed by atoms with Crippen LogP contribution >= 0.6 is 0 Å².